The zero-order valence-electron chi connectivity index (χ0n) is 14.6. The van der Waals surface area contributed by atoms with Gasteiger partial charge in [0.2, 0.25) is 0 Å². The molecule has 0 bridgehead atoms. The van der Waals surface area contributed by atoms with Gasteiger partial charge in [0.05, 0.1) is 12.8 Å². The van der Waals surface area contributed by atoms with Gasteiger partial charge in [-0.25, -0.2) is 0 Å². The average Bonchev–Trinajstić information content (AvgIpc) is 2.73. The van der Waals surface area contributed by atoms with Crippen LogP contribution in [0.3, 0.4) is 0 Å². The Hall–Kier alpha value is -3.39. The molecule has 4 rings (SSSR count). The van der Waals surface area contributed by atoms with Crippen molar-refractivity contribution in [3.8, 4) is 17.0 Å². The quantitative estimate of drug-likeness (QED) is 0.450. The van der Waals surface area contributed by atoms with Gasteiger partial charge in [0.25, 0.3) is 0 Å². The summed E-state index contributed by atoms with van der Waals surface area (Å²) in [6.45, 7) is 0. The van der Waals surface area contributed by atoms with Crippen LogP contribution in [0.2, 0.25) is 0 Å². The largest absolute Gasteiger partial charge is 0.497 e. The van der Waals surface area contributed by atoms with E-state index in [1.54, 1.807) is 7.11 Å². The SMILES string of the molecule is COc1ccc(-c2ncc3ccccc3c2/C=C/c2ccccc2)cc1. The first-order valence-corrected chi connectivity index (χ1v) is 8.60. The van der Waals surface area contributed by atoms with Gasteiger partial charge < -0.3 is 4.74 Å². The van der Waals surface area contributed by atoms with Crippen LogP contribution < -0.4 is 4.74 Å². The maximum Gasteiger partial charge on any atom is 0.118 e. The summed E-state index contributed by atoms with van der Waals surface area (Å²) in [4.78, 5) is 4.75. The van der Waals surface area contributed by atoms with Gasteiger partial charge in [0.15, 0.2) is 0 Å². The fourth-order valence-corrected chi connectivity index (χ4v) is 3.08. The third kappa shape index (κ3) is 3.22. The number of benzene rings is 3. The summed E-state index contributed by atoms with van der Waals surface area (Å²) in [5, 5.41) is 2.33. The molecule has 0 unspecified atom stereocenters. The molecule has 26 heavy (non-hydrogen) atoms. The summed E-state index contributed by atoms with van der Waals surface area (Å²) < 4.78 is 5.28. The van der Waals surface area contributed by atoms with E-state index in [0.29, 0.717) is 0 Å². The van der Waals surface area contributed by atoms with Crippen LogP contribution in [0.5, 0.6) is 5.75 Å². The molecule has 0 radical (unpaired) electrons. The Morgan fingerprint density at radius 1 is 0.769 bits per heavy atom. The highest BCUT2D eigenvalue weighted by molar-refractivity contribution is 5.97. The Morgan fingerprint density at radius 2 is 1.50 bits per heavy atom. The van der Waals surface area contributed by atoms with Crippen molar-refractivity contribution >= 4 is 22.9 Å². The highest BCUT2D eigenvalue weighted by Crippen LogP contribution is 2.30. The minimum absolute atomic E-state index is 0.843. The molecule has 1 aromatic heterocycles. The van der Waals surface area contributed by atoms with Crippen LogP contribution in [-0.4, -0.2) is 12.1 Å². The molecule has 0 atom stereocenters. The van der Waals surface area contributed by atoms with Crippen LogP contribution in [0.25, 0.3) is 34.2 Å². The van der Waals surface area contributed by atoms with Crippen molar-refractivity contribution in [1.82, 2.24) is 4.98 Å². The van der Waals surface area contributed by atoms with Crippen LogP contribution in [0.1, 0.15) is 11.1 Å². The smallest absolute Gasteiger partial charge is 0.118 e. The number of hydrogen-bond acceptors (Lipinski definition) is 2. The van der Waals surface area contributed by atoms with Gasteiger partial charge >= 0.3 is 0 Å². The topological polar surface area (TPSA) is 22.1 Å². The minimum atomic E-state index is 0.843. The van der Waals surface area contributed by atoms with Gasteiger partial charge in [-0.3, -0.25) is 4.98 Å². The van der Waals surface area contributed by atoms with E-state index in [1.165, 1.54) is 10.9 Å². The van der Waals surface area contributed by atoms with E-state index < -0.39 is 0 Å². The Bertz CT molecular complexity index is 1050. The number of rotatable bonds is 4. The maximum absolute atomic E-state index is 5.28. The van der Waals surface area contributed by atoms with Crippen molar-refractivity contribution in [3.63, 3.8) is 0 Å². The van der Waals surface area contributed by atoms with Crippen molar-refractivity contribution in [2.75, 3.05) is 7.11 Å². The molecule has 0 aliphatic heterocycles. The maximum atomic E-state index is 5.28. The van der Waals surface area contributed by atoms with Crippen molar-refractivity contribution < 1.29 is 4.74 Å². The summed E-state index contributed by atoms with van der Waals surface area (Å²) in [7, 11) is 1.68. The van der Waals surface area contributed by atoms with Crippen molar-refractivity contribution in [3.05, 3.63) is 96.2 Å². The van der Waals surface area contributed by atoms with Crippen LogP contribution in [0, 0.1) is 0 Å². The molecule has 0 fully saturated rings. The molecular weight excluding hydrogens is 318 g/mol. The van der Waals surface area contributed by atoms with Crippen molar-refractivity contribution in [2.24, 2.45) is 0 Å². The summed E-state index contributed by atoms with van der Waals surface area (Å²) in [5.41, 5.74) is 4.33. The zero-order valence-corrected chi connectivity index (χ0v) is 14.6. The van der Waals surface area contributed by atoms with Crippen LogP contribution in [0.4, 0.5) is 0 Å². The van der Waals surface area contributed by atoms with Gasteiger partial charge in [-0.2, -0.15) is 0 Å². The molecule has 0 aliphatic rings. The highest BCUT2D eigenvalue weighted by Gasteiger charge is 2.09. The lowest BCUT2D eigenvalue weighted by molar-refractivity contribution is 0.415. The Morgan fingerprint density at radius 3 is 2.27 bits per heavy atom. The normalized spacial score (nSPS) is 11.1. The Balaban J connectivity index is 1.87. The molecule has 0 spiro atoms. The number of aromatic nitrogens is 1. The predicted molar refractivity (Wildman–Crippen MR) is 109 cm³/mol. The summed E-state index contributed by atoms with van der Waals surface area (Å²) in [5.74, 6) is 0.843. The number of hydrogen-bond donors (Lipinski definition) is 0. The van der Waals surface area contributed by atoms with Crippen LogP contribution in [0.15, 0.2) is 85.1 Å². The number of pyridine rings is 1. The van der Waals surface area contributed by atoms with E-state index in [1.807, 2.05) is 42.6 Å². The summed E-state index contributed by atoms with van der Waals surface area (Å²) >= 11 is 0. The fourth-order valence-electron chi connectivity index (χ4n) is 3.08. The number of ether oxygens (including phenoxy) is 1. The van der Waals surface area contributed by atoms with E-state index >= 15 is 0 Å². The summed E-state index contributed by atoms with van der Waals surface area (Å²) in [6, 6.07) is 26.7. The van der Waals surface area contributed by atoms with Gasteiger partial charge in [0, 0.05) is 22.7 Å². The number of nitrogens with zero attached hydrogens (tertiary/aromatic N) is 1. The molecule has 1 heterocycles. The Kier molecular flexibility index (Phi) is 4.48. The number of methoxy groups -OCH3 is 1. The molecule has 3 aromatic carbocycles. The second kappa shape index (κ2) is 7.24. The second-order valence-electron chi connectivity index (χ2n) is 6.08. The van der Waals surface area contributed by atoms with E-state index in [4.69, 9.17) is 9.72 Å². The Labute approximate surface area is 153 Å². The highest BCUT2D eigenvalue weighted by atomic mass is 16.5. The third-order valence-electron chi connectivity index (χ3n) is 4.44. The number of fused-ring (bicyclic) bond motifs is 1. The molecule has 0 N–H and O–H groups in total. The molecule has 4 aromatic rings. The monoisotopic (exact) mass is 337 g/mol. The van der Waals surface area contributed by atoms with E-state index in [0.717, 1.165) is 28.0 Å². The van der Waals surface area contributed by atoms with Gasteiger partial charge in [-0.1, -0.05) is 66.7 Å². The predicted octanol–water partition coefficient (Wildman–Crippen LogP) is 6.08. The second-order valence-corrected chi connectivity index (χ2v) is 6.08. The lowest BCUT2D eigenvalue weighted by atomic mass is 9.99. The van der Waals surface area contributed by atoms with Crippen LogP contribution in [-0.2, 0) is 0 Å². The van der Waals surface area contributed by atoms with E-state index in [-0.39, 0.29) is 0 Å². The molecule has 126 valence electrons. The van der Waals surface area contributed by atoms with Crippen LogP contribution >= 0.6 is 0 Å². The third-order valence-corrected chi connectivity index (χ3v) is 4.44. The first-order valence-electron chi connectivity index (χ1n) is 8.60. The average molecular weight is 337 g/mol. The van der Waals surface area contributed by atoms with Gasteiger partial charge in [0.1, 0.15) is 5.75 Å². The van der Waals surface area contributed by atoms with Crippen molar-refractivity contribution in [1.29, 1.82) is 0 Å². The molecule has 0 aliphatic carbocycles. The lowest BCUT2D eigenvalue weighted by Gasteiger charge is -2.10. The first-order chi connectivity index (χ1) is 12.8. The molecule has 2 heteroatoms. The van der Waals surface area contributed by atoms with E-state index in [9.17, 15) is 0 Å². The standard InChI is InChI=1S/C24H19NO/c1-26-21-14-12-19(13-15-21)24-23(16-11-18-7-3-2-4-8-18)22-10-6-5-9-20(22)17-25-24/h2-17H,1H3/b16-11+. The molecule has 0 saturated heterocycles. The lowest BCUT2D eigenvalue weighted by Crippen LogP contribution is -1.91. The van der Waals surface area contributed by atoms with Gasteiger partial charge in [-0.15, -0.1) is 0 Å². The molecule has 2 nitrogen and oxygen atoms in total. The molecular formula is C24H19NO. The molecule has 0 saturated carbocycles. The zero-order chi connectivity index (χ0) is 17.8. The van der Waals surface area contributed by atoms with Gasteiger partial charge in [-0.05, 0) is 35.2 Å². The molecule has 0 amide bonds. The summed E-state index contributed by atoms with van der Waals surface area (Å²) in [6.07, 6.45) is 6.23. The first kappa shape index (κ1) is 16.1. The van der Waals surface area contributed by atoms with E-state index in [2.05, 4.69) is 54.6 Å². The van der Waals surface area contributed by atoms with Crippen molar-refractivity contribution in [2.45, 2.75) is 0 Å². The fraction of sp³-hybridized carbons (Fsp3) is 0.0417. The minimum Gasteiger partial charge on any atom is -0.497 e.